The molecule has 1 aromatic heterocycles. The van der Waals surface area contributed by atoms with Crippen LogP contribution >= 0.6 is 15.9 Å². The van der Waals surface area contributed by atoms with Crippen LogP contribution in [-0.4, -0.2) is 31.7 Å². The second-order valence-corrected chi connectivity index (χ2v) is 5.34. The normalized spacial score (nSPS) is 10.2. The standard InChI is InChI=1S/C15H17BrN2O3/c1-20-13-4-3-10(7-14(13)21-2)5-6-17-15(19)12-8-11(16)9-18-12/h3-4,7-9,18H,5-6H2,1-2H3,(H,17,19). The third-order valence-corrected chi connectivity index (χ3v) is 3.50. The van der Waals surface area contributed by atoms with E-state index in [1.54, 1.807) is 26.5 Å². The zero-order chi connectivity index (χ0) is 15.2. The number of rotatable bonds is 6. The van der Waals surface area contributed by atoms with Gasteiger partial charge in [0, 0.05) is 17.2 Å². The van der Waals surface area contributed by atoms with E-state index < -0.39 is 0 Å². The molecule has 5 nitrogen and oxygen atoms in total. The van der Waals surface area contributed by atoms with Gasteiger partial charge in [-0.05, 0) is 46.1 Å². The summed E-state index contributed by atoms with van der Waals surface area (Å²) in [5, 5.41) is 2.86. The van der Waals surface area contributed by atoms with E-state index in [0.717, 1.165) is 10.0 Å². The van der Waals surface area contributed by atoms with Crippen molar-refractivity contribution in [3.8, 4) is 11.5 Å². The van der Waals surface area contributed by atoms with Crippen molar-refractivity contribution in [2.75, 3.05) is 20.8 Å². The molecular formula is C15H17BrN2O3. The fourth-order valence-corrected chi connectivity index (χ4v) is 2.29. The number of halogens is 1. The predicted molar refractivity (Wildman–Crippen MR) is 84.1 cm³/mol. The maximum atomic E-state index is 11.9. The van der Waals surface area contributed by atoms with Gasteiger partial charge in [-0.3, -0.25) is 4.79 Å². The highest BCUT2D eigenvalue weighted by Gasteiger charge is 2.08. The largest absolute Gasteiger partial charge is 0.493 e. The number of aromatic nitrogens is 1. The number of hydrogen-bond donors (Lipinski definition) is 2. The molecule has 0 aliphatic carbocycles. The van der Waals surface area contributed by atoms with Gasteiger partial charge in [0.25, 0.3) is 5.91 Å². The fraction of sp³-hybridized carbons (Fsp3) is 0.267. The molecule has 0 bridgehead atoms. The van der Waals surface area contributed by atoms with Crippen LogP contribution in [0, 0.1) is 0 Å². The first-order valence-electron chi connectivity index (χ1n) is 6.47. The molecule has 112 valence electrons. The van der Waals surface area contributed by atoms with Crippen LogP contribution < -0.4 is 14.8 Å². The maximum Gasteiger partial charge on any atom is 0.267 e. The van der Waals surface area contributed by atoms with Crippen molar-refractivity contribution in [2.45, 2.75) is 6.42 Å². The summed E-state index contributed by atoms with van der Waals surface area (Å²) in [6.07, 6.45) is 2.44. The molecule has 0 atom stereocenters. The fourth-order valence-electron chi connectivity index (χ4n) is 1.95. The van der Waals surface area contributed by atoms with E-state index >= 15 is 0 Å². The first-order chi connectivity index (χ1) is 10.1. The Hall–Kier alpha value is -1.95. The Kier molecular flexibility index (Phi) is 5.27. The molecule has 0 saturated carbocycles. The minimum absolute atomic E-state index is 0.124. The Bertz CT molecular complexity index is 625. The second kappa shape index (κ2) is 7.17. The smallest absolute Gasteiger partial charge is 0.267 e. The van der Waals surface area contributed by atoms with E-state index in [9.17, 15) is 4.79 Å². The molecule has 2 rings (SSSR count). The van der Waals surface area contributed by atoms with Gasteiger partial charge in [0.05, 0.1) is 14.2 Å². The Morgan fingerprint density at radius 2 is 2.00 bits per heavy atom. The van der Waals surface area contributed by atoms with E-state index in [4.69, 9.17) is 9.47 Å². The Morgan fingerprint density at radius 3 is 2.62 bits per heavy atom. The zero-order valence-corrected chi connectivity index (χ0v) is 13.5. The summed E-state index contributed by atoms with van der Waals surface area (Å²) >= 11 is 3.30. The predicted octanol–water partition coefficient (Wildman–Crippen LogP) is 2.77. The third-order valence-electron chi connectivity index (χ3n) is 3.04. The van der Waals surface area contributed by atoms with E-state index in [-0.39, 0.29) is 5.91 Å². The lowest BCUT2D eigenvalue weighted by Crippen LogP contribution is -2.25. The molecule has 21 heavy (non-hydrogen) atoms. The molecule has 0 aliphatic rings. The SMILES string of the molecule is COc1ccc(CCNC(=O)c2cc(Br)c[nH]2)cc1OC. The molecule has 2 N–H and O–H groups in total. The number of benzene rings is 1. The summed E-state index contributed by atoms with van der Waals surface area (Å²) in [4.78, 5) is 14.8. The molecule has 0 fully saturated rings. The molecule has 1 aromatic carbocycles. The first kappa shape index (κ1) is 15.4. The van der Waals surface area contributed by atoms with Crippen LogP contribution in [0.1, 0.15) is 16.1 Å². The average molecular weight is 353 g/mol. The number of carbonyl (C=O) groups excluding carboxylic acids is 1. The van der Waals surface area contributed by atoms with Crippen LogP contribution in [0.2, 0.25) is 0 Å². The summed E-state index contributed by atoms with van der Waals surface area (Å²) in [7, 11) is 3.21. The van der Waals surface area contributed by atoms with Crippen LogP contribution in [-0.2, 0) is 6.42 Å². The molecule has 0 radical (unpaired) electrons. The number of H-pyrrole nitrogens is 1. The number of ether oxygens (including phenoxy) is 2. The maximum absolute atomic E-state index is 11.9. The van der Waals surface area contributed by atoms with Crippen LogP contribution in [0.5, 0.6) is 11.5 Å². The Morgan fingerprint density at radius 1 is 1.24 bits per heavy atom. The highest BCUT2D eigenvalue weighted by molar-refractivity contribution is 9.10. The van der Waals surface area contributed by atoms with E-state index in [1.165, 1.54) is 0 Å². The van der Waals surface area contributed by atoms with Gasteiger partial charge in [0.1, 0.15) is 5.69 Å². The van der Waals surface area contributed by atoms with Gasteiger partial charge < -0.3 is 19.8 Å². The summed E-state index contributed by atoms with van der Waals surface area (Å²) in [6.45, 7) is 0.547. The van der Waals surface area contributed by atoms with Gasteiger partial charge >= 0.3 is 0 Å². The minimum Gasteiger partial charge on any atom is -0.493 e. The van der Waals surface area contributed by atoms with Gasteiger partial charge in [-0.2, -0.15) is 0 Å². The molecule has 0 unspecified atom stereocenters. The monoisotopic (exact) mass is 352 g/mol. The van der Waals surface area contributed by atoms with E-state index in [2.05, 4.69) is 26.2 Å². The zero-order valence-electron chi connectivity index (χ0n) is 11.9. The molecule has 0 spiro atoms. The number of hydrogen-bond acceptors (Lipinski definition) is 3. The van der Waals surface area contributed by atoms with E-state index in [0.29, 0.717) is 30.2 Å². The number of carbonyl (C=O) groups is 1. The van der Waals surface area contributed by atoms with Gasteiger partial charge in [-0.15, -0.1) is 0 Å². The Balaban J connectivity index is 1.90. The Labute approximate surface area is 131 Å². The van der Waals surface area contributed by atoms with E-state index in [1.807, 2.05) is 18.2 Å². The molecule has 0 aliphatic heterocycles. The molecule has 1 amide bonds. The van der Waals surface area contributed by atoms with Crippen LogP contribution in [0.25, 0.3) is 0 Å². The molecule has 1 heterocycles. The summed E-state index contributed by atoms with van der Waals surface area (Å²) in [6, 6.07) is 7.47. The van der Waals surface area contributed by atoms with Gasteiger partial charge in [-0.1, -0.05) is 6.07 Å². The van der Waals surface area contributed by atoms with Gasteiger partial charge in [-0.25, -0.2) is 0 Å². The lowest BCUT2D eigenvalue weighted by atomic mass is 10.1. The summed E-state index contributed by atoms with van der Waals surface area (Å²) < 4.78 is 11.3. The van der Waals surface area contributed by atoms with Crippen molar-refractivity contribution < 1.29 is 14.3 Å². The van der Waals surface area contributed by atoms with Crippen molar-refractivity contribution >= 4 is 21.8 Å². The van der Waals surface area contributed by atoms with Crippen molar-refractivity contribution in [1.82, 2.24) is 10.3 Å². The molecule has 6 heteroatoms. The second-order valence-electron chi connectivity index (χ2n) is 4.43. The molecular weight excluding hydrogens is 336 g/mol. The molecule has 2 aromatic rings. The summed E-state index contributed by atoms with van der Waals surface area (Å²) in [5.74, 6) is 1.26. The van der Waals surface area contributed by atoms with Crippen molar-refractivity contribution in [2.24, 2.45) is 0 Å². The average Bonchev–Trinajstić information content (AvgIpc) is 2.93. The number of methoxy groups -OCH3 is 2. The third kappa shape index (κ3) is 4.01. The van der Waals surface area contributed by atoms with Crippen molar-refractivity contribution in [1.29, 1.82) is 0 Å². The van der Waals surface area contributed by atoms with Crippen molar-refractivity contribution in [3.05, 3.63) is 46.2 Å². The van der Waals surface area contributed by atoms with Gasteiger partial charge in [0.15, 0.2) is 11.5 Å². The minimum atomic E-state index is -0.124. The number of aromatic amines is 1. The number of amides is 1. The van der Waals surface area contributed by atoms with Crippen molar-refractivity contribution in [3.63, 3.8) is 0 Å². The molecule has 0 saturated heterocycles. The first-order valence-corrected chi connectivity index (χ1v) is 7.26. The van der Waals surface area contributed by atoms with Crippen LogP contribution in [0.4, 0.5) is 0 Å². The van der Waals surface area contributed by atoms with Crippen LogP contribution in [0.15, 0.2) is 34.9 Å². The quantitative estimate of drug-likeness (QED) is 0.840. The van der Waals surface area contributed by atoms with Gasteiger partial charge in [0.2, 0.25) is 0 Å². The lowest BCUT2D eigenvalue weighted by molar-refractivity contribution is 0.0950. The highest BCUT2D eigenvalue weighted by atomic mass is 79.9. The number of nitrogens with one attached hydrogen (secondary N) is 2. The lowest BCUT2D eigenvalue weighted by Gasteiger charge is -2.10. The summed E-state index contributed by atoms with van der Waals surface area (Å²) in [5.41, 5.74) is 1.61. The van der Waals surface area contributed by atoms with Crippen LogP contribution in [0.3, 0.4) is 0 Å². The topological polar surface area (TPSA) is 63.3 Å². The highest BCUT2D eigenvalue weighted by Crippen LogP contribution is 2.27.